The number of ether oxygens (including phenoxy) is 2. The molecule has 11 heteroatoms. The molecule has 3 rings (SSSR count). The van der Waals surface area contributed by atoms with Crippen LogP contribution in [0, 0.1) is 11.7 Å². The molecule has 1 N–H and O–H groups in total. The minimum atomic E-state index is -4.31. The number of rotatable bonds is 14. The predicted octanol–water partition coefficient (Wildman–Crippen LogP) is 4.62. The lowest BCUT2D eigenvalue weighted by Crippen LogP contribution is -2.51. The number of anilines is 1. The summed E-state index contributed by atoms with van der Waals surface area (Å²) in [6, 6.07) is 16.8. The van der Waals surface area contributed by atoms with Crippen molar-refractivity contribution in [1.82, 2.24) is 10.2 Å². The molecule has 0 saturated heterocycles. The van der Waals surface area contributed by atoms with E-state index in [0.29, 0.717) is 24.7 Å². The Balaban J connectivity index is 2.01. The predicted molar refractivity (Wildman–Crippen MR) is 159 cm³/mol. The van der Waals surface area contributed by atoms with E-state index in [9.17, 15) is 22.4 Å². The van der Waals surface area contributed by atoms with Crippen LogP contribution in [0.5, 0.6) is 11.5 Å². The zero-order valence-electron chi connectivity index (χ0n) is 24.5. The summed E-state index contributed by atoms with van der Waals surface area (Å²) in [6.45, 7) is 7.64. The normalized spacial score (nSPS) is 12.0. The van der Waals surface area contributed by atoms with Crippen LogP contribution in [0.3, 0.4) is 0 Å². The highest BCUT2D eigenvalue weighted by molar-refractivity contribution is 7.92. The maximum Gasteiger partial charge on any atom is 0.264 e. The van der Waals surface area contributed by atoms with Crippen molar-refractivity contribution in [3.05, 3.63) is 84.2 Å². The van der Waals surface area contributed by atoms with Crippen LogP contribution in [-0.2, 0) is 26.2 Å². The third-order valence-electron chi connectivity index (χ3n) is 6.48. The largest absolute Gasteiger partial charge is 0.497 e. The van der Waals surface area contributed by atoms with E-state index in [1.807, 2.05) is 20.8 Å². The molecule has 1 atom stereocenters. The number of hydrogen-bond acceptors (Lipinski definition) is 6. The van der Waals surface area contributed by atoms with E-state index in [1.54, 1.807) is 50.4 Å². The molecule has 226 valence electrons. The number of carbonyl (C=O) groups is 2. The average Bonchev–Trinajstić information content (AvgIpc) is 2.98. The number of nitrogens with one attached hydrogen (secondary N) is 1. The van der Waals surface area contributed by atoms with Gasteiger partial charge >= 0.3 is 0 Å². The zero-order chi connectivity index (χ0) is 30.9. The molecule has 0 unspecified atom stereocenters. The van der Waals surface area contributed by atoms with E-state index in [4.69, 9.17) is 9.47 Å². The highest BCUT2D eigenvalue weighted by Gasteiger charge is 2.32. The Hall–Kier alpha value is -4.12. The quantitative estimate of drug-likeness (QED) is 0.290. The van der Waals surface area contributed by atoms with E-state index in [0.717, 1.165) is 34.1 Å². The van der Waals surface area contributed by atoms with Crippen LogP contribution in [-0.4, -0.2) is 58.0 Å². The van der Waals surface area contributed by atoms with E-state index in [2.05, 4.69) is 5.32 Å². The molecule has 42 heavy (non-hydrogen) atoms. The van der Waals surface area contributed by atoms with E-state index in [1.165, 1.54) is 17.0 Å². The van der Waals surface area contributed by atoms with Crippen LogP contribution in [0.1, 0.15) is 33.3 Å². The molecule has 0 spiro atoms. The molecule has 0 heterocycles. The van der Waals surface area contributed by atoms with Crippen LogP contribution in [0.4, 0.5) is 10.1 Å². The second kappa shape index (κ2) is 14.7. The van der Waals surface area contributed by atoms with E-state index in [-0.39, 0.29) is 29.0 Å². The molecule has 0 radical (unpaired) electrons. The summed E-state index contributed by atoms with van der Waals surface area (Å²) in [5.41, 5.74) is 0.930. The Morgan fingerprint density at radius 3 is 2.05 bits per heavy atom. The van der Waals surface area contributed by atoms with Gasteiger partial charge in [-0.1, -0.05) is 26.0 Å². The summed E-state index contributed by atoms with van der Waals surface area (Å²) in [6.07, 6.45) is 0. The minimum Gasteiger partial charge on any atom is -0.497 e. The second-order valence-corrected chi connectivity index (χ2v) is 11.9. The van der Waals surface area contributed by atoms with Gasteiger partial charge < -0.3 is 19.7 Å². The highest BCUT2D eigenvalue weighted by atomic mass is 32.2. The van der Waals surface area contributed by atoms with Crippen molar-refractivity contribution in [3.63, 3.8) is 0 Å². The minimum absolute atomic E-state index is 0.0484. The van der Waals surface area contributed by atoms with Crippen molar-refractivity contribution < 1.29 is 31.9 Å². The Bertz CT molecular complexity index is 1430. The first-order chi connectivity index (χ1) is 20.0. The van der Waals surface area contributed by atoms with Crippen molar-refractivity contribution in [1.29, 1.82) is 0 Å². The number of amides is 2. The number of hydrogen-bond donors (Lipinski definition) is 1. The van der Waals surface area contributed by atoms with Crippen molar-refractivity contribution in [2.24, 2.45) is 5.92 Å². The topological polar surface area (TPSA) is 105 Å². The third-order valence-corrected chi connectivity index (χ3v) is 8.27. The smallest absolute Gasteiger partial charge is 0.264 e. The highest BCUT2D eigenvalue weighted by Crippen LogP contribution is 2.27. The number of sulfonamides is 1. The van der Waals surface area contributed by atoms with Crippen LogP contribution in [0.25, 0.3) is 0 Å². The summed E-state index contributed by atoms with van der Waals surface area (Å²) in [5, 5.41) is 2.85. The SMILES string of the molecule is CCOc1ccc(N(CC(=O)N(Cc2ccc(OC)cc2)[C@H](C)C(=O)NCC(C)C)S(=O)(=O)c2ccc(F)cc2)cc1. The molecular formula is C31H38FN3O6S. The lowest BCUT2D eigenvalue weighted by atomic mass is 10.1. The molecular weight excluding hydrogens is 561 g/mol. The Morgan fingerprint density at radius 2 is 1.50 bits per heavy atom. The first-order valence-electron chi connectivity index (χ1n) is 13.7. The summed E-state index contributed by atoms with van der Waals surface area (Å²) >= 11 is 0. The van der Waals surface area contributed by atoms with Gasteiger partial charge in [0, 0.05) is 13.1 Å². The number of methoxy groups -OCH3 is 1. The fraction of sp³-hybridized carbons (Fsp3) is 0.355. The third kappa shape index (κ3) is 8.45. The van der Waals surface area contributed by atoms with E-state index >= 15 is 0 Å². The van der Waals surface area contributed by atoms with Gasteiger partial charge in [0.05, 0.1) is 24.3 Å². The maximum atomic E-state index is 14.0. The standard InChI is InChI=1S/C31H38FN3O6S/c1-6-41-28-15-11-26(12-16-28)35(42(38,39)29-17-9-25(32)10-18-29)21-30(36)34(23(4)31(37)33-19-22(2)3)20-24-7-13-27(40-5)14-8-24/h7-18,22-23H,6,19-21H2,1-5H3,(H,33,37)/t23-/m1/s1. The van der Waals surface area contributed by atoms with Gasteiger partial charge in [0.25, 0.3) is 10.0 Å². The van der Waals surface area contributed by atoms with Gasteiger partial charge in [-0.15, -0.1) is 0 Å². The average molecular weight is 600 g/mol. The first-order valence-corrected chi connectivity index (χ1v) is 15.1. The Morgan fingerprint density at radius 1 is 0.905 bits per heavy atom. The van der Waals surface area contributed by atoms with Crippen molar-refractivity contribution in [2.75, 3.05) is 31.1 Å². The first kappa shape index (κ1) is 32.4. The molecule has 3 aromatic carbocycles. The number of carbonyl (C=O) groups excluding carboxylic acids is 2. The van der Waals surface area contributed by atoms with Crippen molar-refractivity contribution in [3.8, 4) is 11.5 Å². The van der Waals surface area contributed by atoms with Gasteiger partial charge in [0.2, 0.25) is 11.8 Å². The number of nitrogens with zero attached hydrogens (tertiary/aromatic N) is 2. The van der Waals surface area contributed by atoms with Gasteiger partial charge in [-0.05, 0) is 86.0 Å². The monoisotopic (exact) mass is 599 g/mol. The maximum absolute atomic E-state index is 14.0. The van der Waals surface area contributed by atoms with Gasteiger partial charge in [-0.25, -0.2) is 12.8 Å². The van der Waals surface area contributed by atoms with E-state index < -0.39 is 34.3 Å². The van der Waals surface area contributed by atoms with Crippen LogP contribution >= 0.6 is 0 Å². The molecule has 9 nitrogen and oxygen atoms in total. The summed E-state index contributed by atoms with van der Waals surface area (Å²) in [7, 11) is -2.77. The Labute approximate surface area is 247 Å². The summed E-state index contributed by atoms with van der Waals surface area (Å²) < 4.78 is 53.0. The zero-order valence-corrected chi connectivity index (χ0v) is 25.4. The van der Waals surface area contributed by atoms with Gasteiger partial charge in [0.15, 0.2) is 0 Å². The number of halogens is 1. The molecule has 0 bridgehead atoms. The fourth-order valence-electron chi connectivity index (χ4n) is 4.10. The second-order valence-electron chi connectivity index (χ2n) is 10.1. The summed E-state index contributed by atoms with van der Waals surface area (Å²) in [4.78, 5) is 28.2. The Kier molecular flexibility index (Phi) is 11.3. The molecule has 0 saturated carbocycles. The molecule has 0 aliphatic carbocycles. The molecule has 2 amide bonds. The summed E-state index contributed by atoms with van der Waals surface area (Å²) in [5.74, 6) is -0.195. The fourth-order valence-corrected chi connectivity index (χ4v) is 5.51. The van der Waals surface area contributed by atoms with Crippen LogP contribution in [0.2, 0.25) is 0 Å². The van der Waals surface area contributed by atoms with Crippen LogP contribution < -0.4 is 19.1 Å². The van der Waals surface area contributed by atoms with Gasteiger partial charge in [-0.3, -0.25) is 13.9 Å². The van der Waals surface area contributed by atoms with Gasteiger partial charge in [-0.2, -0.15) is 0 Å². The molecule has 0 aliphatic heterocycles. The van der Waals surface area contributed by atoms with Crippen LogP contribution in [0.15, 0.2) is 77.7 Å². The molecule has 0 fully saturated rings. The van der Waals surface area contributed by atoms with Crippen molar-refractivity contribution >= 4 is 27.5 Å². The lowest BCUT2D eigenvalue weighted by molar-refractivity contribution is -0.139. The van der Waals surface area contributed by atoms with Crippen molar-refractivity contribution in [2.45, 2.75) is 45.2 Å². The molecule has 0 aromatic heterocycles. The lowest BCUT2D eigenvalue weighted by Gasteiger charge is -2.32. The van der Waals surface area contributed by atoms with Gasteiger partial charge in [0.1, 0.15) is 29.9 Å². The molecule has 3 aromatic rings. The molecule has 0 aliphatic rings. The number of benzene rings is 3.